The maximum atomic E-state index is 12.7. The topological polar surface area (TPSA) is 69.7 Å². The van der Waals surface area contributed by atoms with Gasteiger partial charge in [0, 0.05) is 43.0 Å². The van der Waals surface area contributed by atoms with Crippen LogP contribution in [0.3, 0.4) is 0 Å². The number of carbonyl (C=O) groups excluding carboxylic acids is 3. The second kappa shape index (κ2) is 9.57. The Labute approximate surface area is 177 Å². The Kier molecular flexibility index (Phi) is 6.87. The van der Waals surface area contributed by atoms with E-state index in [1.165, 1.54) is 5.56 Å². The molecule has 1 heterocycles. The molecule has 6 nitrogen and oxygen atoms in total. The molecule has 3 rings (SSSR count). The van der Waals surface area contributed by atoms with Crippen LogP contribution in [0.4, 0.5) is 11.4 Å². The normalized spacial score (nSPS) is 15.9. The number of hydrogen-bond acceptors (Lipinski definition) is 3. The third kappa shape index (κ3) is 4.70. The minimum atomic E-state index is -0.402. The van der Waals surface area contributed by atoms with E-state index in [0.717, 1.165) is 12.1 Å². The first-order valence-electron chi connectivity index (χ1n) is 10.6. The fourth-order valence-electron chi connectivity index (χ4n) is 3.68. The van der Waals surface area contributed by atoms with E-state index in [4.69, 9.17) is 0 Å². The maximum Gasteiger partial charge on any atom is 0.253 e. The number of aryl methyl sites for hydroxylation is 1. The molecule has 1 atom stereocenters. The molecule has 158 valence electrons. The highest BCUT2D eigenvalue weighted by atomic mass is 16.2. The molecule has 2 aromatic carbocycles. The highest BCUT2D eigenvalue weighted by Gasteiger charge is 2.35. The monoisotopic (exact) mass is 407 g/mol. The van der Waals surface area contributed by atoms with Crippen molar-refractivity contribution in [3.63, 3.8) is 0 Å². The van der Waals surface area contributed by atoms with Crippen LogP contribution in [0.15, 0.2) is 48.5 Å². The molecule has 1 saturated heterocycles. The Morgan fingerprint density at radius 1 is 1.00 bits per heavy atom. The van der Waals surface area contributed by atoms with Crippen LogP contribution in [0.5, 0.6) is 0 Å². The third-order valence-corrected chi connectivity index (χ3v) is 5.60. The van der Waals surface area contributed by atoms with E-state index in [1.54, 1.807) is 34.1 Å². The van der Waals surface area contributed by atoms with E-state index in [1.807, 2.05) is 38.1 Å². The molecule has 1 aliphatic heterocycles. The van der Waals surface area contributed by atoms with Gasteiger partial charge < -0.3 is 15.1 Å². The second-order valence-electron chi connectivity index (χ2n) is 7.47. The maximum absolute atomic E-state index is 12.7. The average Bonchev–Trinajstić information content (AvgIpc) is 3.17. The van der Waals surface area contributed by atoms with Gasteiger partial charge in [-0.1, -0.05) is 19.1 Å². The number of anilines is 2. The standard InChI is InChI=1S/C24H29N3O3/c1-4-17-7-13-21(14-8-17)27-16-19(15-22(27)28)23(29)25-20-11-9-18(10-12-20)24(30)26(5-2)6-3/h7-14,19H,4-6,15-16H2,1-3H3,(H,25,29). The average molecular weight is 408 g/mol. The van der Waals surface area contributed by atoms with Crippen molar-refractivity contribution in [2.45, 2.75) is 33.6 Å². The van der Waals surface area contributed by atoms with Gasteiger partial charge in [-0.2, -0.15) is 0 Å². The van der Waals surface area contributed by atoms with E-state index in [2.05, 4.69) is 12.2 Å². The molecule has 2 aromatic rings. The van der Waals surface area contributed by atoms with Crippen molar-refractivity contribution in [1.82, 2.24) is 4.90 Å². The van der Waals surface area contributed by atoms with Crippen molar-refractivity contribution >= 4 is 29.1 Å². The van der Waals surface area contributed by atoms with Gasteiger partial charge in [-0.15, -0.1) is 0 Å². The van der Waals surface area contributed by atoms with Gasteiger partial charge in [-0.05, 0) is 62.2 Å². The van der Waals surface area contributed by atoms with Crippen LogP contribution in [0, 0.1) is 5.92 Å². The minimum absolute atomic E-state index is 0.0241. The molecule has 0 bridgehead atoms. The zero-order valence-electron chi connectivity index (χ0n) is 17.9. The van der Waals surface area contributed by atoms with Crippen molar-refractivity contribution in [1.29, 1.82) is 0 Å². The van der Waals surface area contributed by atoms with Crippen LogP contribution in [-0.2, 0) is 16.0 Å². The molecular formula is C24H29N3O3. The minimum Gasteiger partial charge on any atom is -0.339 e. The van der Waals surface area contributed by atoms with Crippen molar-refractivity contribution in [2.75, 3.05) is 29.9 Å². The summed E-state index contributed by atoms with van der Waals surface area (Å²) >= 11 is 0. The van der Waals surface area contributed by atoms with Crippen molar-refractivity contribution in [3.05, 3.63) is 59.7 Å². The summed E-state index contributed by atoms with van der Waals surface area (Å²) in [6.07, 6.45) is 1.14. The van der Waals surface area contributed by atoms with E-state index in [9.17, 15) is 14.4 Å². The van der Waals surface area contributed by atoms with Crippen molar-refractivity contribution in [2.24, 2.45) is 5.92 Å². The lowest BCUT2D eigenvalue weighted by molar-refractivity contribution is -0.122. The number of amides is 3. The summed E-state index contributed by atoms with van der Waals surface area (Å²) in [4.78, 5) is 41.0. The summed E-state index contributed by atoms with van der Waals surface area (Å²) in [5.74, 6) is -0.650. The van der Waals surface area contributed by atoms with Crippen LogP contribution in [0.25, 0.3) is 0 Å². The van der Waals surface area contributed by atoms with Crippen molar-refractivity contribution < 1.29 is 14.4 Å². The molecule has 0 spiro atoms. The molecule has 3 amide bonds. The Hall–Kier alpha value is -3.15. The molecule has 0 aliphatic carbocycles. The Balaban J connectivity index is 1.62. The van der Waals surface area contributed by atoms with Crippen molar-refractivity contribution in [3.8, 4) is 0 Å². The van der Waals surface area contributed by atoms with E-state index in [0.29, 0.717) is 30.9 Å². The number of carbonyl (C=O) groups is 3. The lowest BCUT2D eigenvalue weighted by Crippen LogP contribution is -2.30. The lowest BCUT2D eigenvalue weighted by atomic mass is 10.1. The molecule has 1 aliphatic rings. The van der Waals surface area contributed by atoms with E-state index >= 15 is 0 Å². The first-order chi connectivity index (χ1) is 14.5. The molecule has 6 heteroatoms. The van der Waals surface area contributed by atoms with Gasteiger partial charge in [0.2, 0.25) is 11.8 Å². The first-order valence-corrected chi connectivity index (χ1v) is 10.6. The first kappa shape index (κ1) is 21.6. The fraction of sp³-hybridized carbons (Fsp3) is 0.375. The Morgan fingerprint density at radius 2 is 1.63 bits per heavy atom. The van der Waals surface area contributed by atoms with Gasteiger partial charge in [-0.3, -0.25) is 14.4 Å². The molecular weight excluding hydrogens is 378 g/mol. The summed E-state index contributed by atoms with van der Waals surface area (Å²) in [5.41, 5.74) is 3.25. The number of hydrogen-bond donors (Lipinski definition) is 1. The Bertz CT molecular complexity index is 902. The van der Waals surface area contributed by atoms with Gasteiger partial charge in [0.15, 0.2) is 0 Å². The summed E-state index contributed by atoms with van der Waals surface area (Å²) in [7, 11) is 0. The molecule has 0 radical (unpaired) electrons. The van der Waals surface area contributed by atoms with Gasteiger partial charge >= 0.3 is 0 Å². The number of nitrogens with zero attached hydrogens (tertiary/aromatic N) is 2. The highest BCUT2D eigenvalue weighted by Crippen LogP contribution is 2.26. The van der Waals surface area contributed by atoms with Crippen LogP contribution < -0.4 is 10.2 Å². The predicted molar refractivity (Wildman–Crippen MR) is 119 cm³/mol. The molecule has 0 saturated carbocycles. The smallest absolute Gasteiger partial charge is 0.253 e. The predicted octanol–water partition coefficient (Wildman–Crippen LogP) is 3.72. The summed E-state index contributed by atoms with van der Waals surface area (Å²) in [6.45, 7) is 7.65. The zero-order valence-corrected chi connectivity index (χ0v) is 17.9. The second-order valence-corrected chi connectivity index (χ2v) is 7.47. The van der Waals surface area contributed by atoms with Crippen LogP contribution in [0.1, 0.15) is 43.1 Å². The SMILES string of the molecule is CCc1ccc(N2CC(C(=O)Nc3ccc(C(=O)N(CC)CC)cc3)CC2=O)cc1. The third-order valence-electron chi connectivity index (χ3n) is 5.60. The molecule has 1 unspecified atom stereocenters. The summed E-state index contributed by atoms with van der Waals surface area (Å²) in [6, 6.07) is 14.8. The lowest BCUT2D eigenvalue weighted by Gasteiger charge is -2.19. The highest BCUT2D eigenvalue weighted by molar-refractivity contribution is 6.03. The van der Waals surface area contributed by atoms with Gasteiger partial charge in [-0.25, -0.2) is 0 Å². The van der Waals surface area contributed by atoms with Crippen LogP contribution in [-0.4, -0.2) is 42.3 Å². The van der Waals surface area contributed by atoms with Crippen LogP contribution in [0.2, 0.25) is 0 Å². The zero-order chi connectivity index (χ0) is 21.7. The van der Waals surface area contributed by atoms with E-state index < -0.39 is 5.92 Å². The largest absolute Gasteiger partial charge is 0.339 e. The molecule has 1 N–H and O–H groups in total. The quantitative estimate of drug-likeness (QED) is 0.760. The molecule has 0 aromatic heterocycles. The van der Waals surface area contributed by atoms with E-state index in [-0.39, 0.29) is 24.1 Å². The number of rotatable bonds is 7. The number of nitrogens with one attached hydrogen (secondary N) is 1. The Morgan fingerprint density at radius 3 is 2.20 bits per heavy atom. The van der Waals surface area contributed by atoms with Gasteiger partial charge in [0.05, 0.1) is 5.92 Å². The summed E-state index contributed by atoms with van der Waals surface area (Å²) in [5, 5.41) is 2.88. The fourth-order valence-corrected chi connectivity index (χ4v) is 3.68. The molecule has 30 heavy (non-hydrogen) atoms. The van der Waals surface area contributed by atoms with Gasteiger partial charge in [0.1, 0.15) is 0 Å². The summed E-state index contributed by atoms with van der Waals surface area (Å²) < 4.78 is 0. The van der Waals surface area contributed by atoms with Crippen LogP contribution >= 0.6 is 0 Å². The molecule has 1 fully saturated rings. The van der Waals surface area contributed by atoms with Gasteiger partial charge in [0.25, 0.3) is 5.91 Å². The number of benzene rings is 2.